The zero-order valence-electron chi connectivity index (χ0n) is 20.1. The molecule has 2 N–H and O–H groups in total. The van der Waals surface area contributed by atoms with Crippen molar-refractivity contribution in [2.24, 2.45) is 0 Å². The number of carbonyl (C=O) groups is 3. The van der Waals surface area contributed by atoms with Crippen LogP contribution in [0.4, 0.5) is 4.79 Å². The molecular weight excluding hydrogens is 394 g/mol. The minimum atomic E-state index is -0.778. The smallest absolute Gasteiger partial charge is 0.408 e. The van der Waals surface area contributed by atoms with E-state index in [2.05, 4.69) is 17.6 Å². The van der Waals surface area contributed by atoms with Gasteiger partial charge in [0.15, 0.2) is 0 Å². The fraction of sp³-hybridized carbons (Fsp3) is 0.625. The Hall–Kier alpha value is -2.57. The molecule has 0 heterocycles. The molecule has 0 saturated carbocycles. The van der Waals surface area contributed by atoms with Crippen molar-refractivity contribution in [1.82, 2.24) is 15.5 Å². The second kappa shape index (κ2) is 12.3. The van der Waals surface area contributed by atoms with E-state index in [0.717, 1.165) is 24.0 Å². The molecule has 0 aliphatic carbocycles. The van der Waals surface area contributed by atoms with Gasteiger partial charge in [0.1, 0.15) is 18.2 Å². The van der Waals surface area contributed by atoms with Gasteiger partial charge in [0, 0.05) is 12.6 Å². The highest BCUT2D eigenvalue weighted by atomic mass is 16.6. The normalized spacial score (nSPS) is 13.1. The van der Waals surface area contributed by atoms with Crippen molar-refractivity contribution in [1.29, 1.82) is 0 Å². The van der Waals surface area contributed by atoms with E-state index >= 15 is 0 Å². The van der Waals surface area contributed by atoms with Gasteiger partial charge in [-0.2, -0.15) is 0 Å². The van der Waals surface area contributed by atoms with Crippen molar-refractivity contribution in [2.45, 2.75) is 85.4 Å². The molecule has 1 rings (SSSR count). The van der Waals surface area contributed by atoms with E-state index < -0.39 is 17.7 Å². The highest BCUT2D eigenvalue weighted by molar-refractivity contribution is 5.90. The maximum absolute atomic E-state index is 13.2. The van der Waals surface area contributed by atoms with Crippen LogP contribution in [0.3, 0.4) is 0 Å². The summed E-state index contributed by atoms with van der Waals surface area (Å²) in [5.74, 6) is -0.553. The number of carbonyl (C=O) groups excluding carboxylic acids is 3. The summed E-state index contributed by atoms with van der Waals surface area (Å²) in [6.07, 6.45) is 1.83. The SMILES string of the molecule is CCCCNC(=O)C(c1cccc(C)c1)N(C(=O)CNC(=O)OC(C)(C)C)C(C)CC. The quantitative estimate of drug-likeness (QED) is 0.544. The number of benzene rings is 1. The first-order chi connectivity index (χ1) is 14.5. The number of nitrogens with zero attached hydrogens (tertiary/aromatic N) is 1. The summed E-state index contributed by atoms with van der Waals surface area (Å²) in [5.41, 5.74) is 1.10. The lowest BCUT2D eigenvalue weighted by atomic mass is 9.99. The zero-order valence-corrected chi connectivity index (χ0v) is 20.1. The molecule has 7 heteroatoms. The van der Waals surface area contributed by atoms with Crippen LogP contribution < -0.4 is 10.6 Å². The van der Waals surface area contributed by atoms with E-state index in [9.17, 15) is 14.4 Å². The standard InChI is InChI=1S/C24H39N3O4/c1-8-10-14-25-22(29)21(19-13-11-12-17(3)15-19)27(18(4)9-2)20(28)16-26-23(30)31-24(5,6)7/h11-13,15,18,21H,8-10,14,16H2,1-7H3,(H,25,29)(H,26,30). The largest absolute Gasteiger partial charge is 0.444 e. The van der Waals surface area contributed by atoms with Crippen LogP contribution in [0.2, 0.25) is 0 Å². The molecule has 0 aliphatic rings. The third kappa shape index (κ3) is 8.99. The van der Waals surface area contributed by atoms with Crippen molar-refractivity contribution < 1.29 is 19.1 Å². The lowest BCUT2D eigenvalue weighted by Gasteiger charge is -2.36. The Labute approximate surface area is 186 Å². The monoisotopic (exact) mass is 433 g/mol. The number of nitrogens with one attached hydrogen (secondary N) is 2. The minimum Gasteiger partial charge on any atom is -0.444 e. The second-order valence-corrected chi connectivity index (χ2v) is 8.87. The molecule has 1 aromatic rings. The molecule has 174 valence electrons. The van der Waals surface area contributed by atoms with Crippen LogP contribution in [0, 0.1) is 6.92 Å². The topological polar surface area (TPSA) is 87.7 Å². The van der Waals surface area contributed by atoms with E-state index in [4.69, 9.17) is 4.74 Å². The molecule has 2 unspecified atom stereocenters. The van der Waals surface area contributed by atoms with Crippen molar-refractivity contribution in [3.05, 3.63) is 35.4 Å². The van der Waals surface area contributed by atoms with Gasteiger partial charge in [0.25, 0.3) is 0 Å². The van der Waals surface area contributed by atoms with Gasteiger partial charge in [-0.15, -0.1) is 0 Å². The first-order valence-electron chi connectivity index (χ1n) is 11.1. The van der Waals surface area contributed by atoms with Crippen molar-refractivity contribution in [3.63, 3.8) is 0 Å². The van der Waals surface area contributed by atoms with Gasteiger partial charge in [-0.3, -0.25) is 9.59 Å². The number of alkyl carbamates (subject to hydrolysis) is 1. The molecular formula is C24H39N3O4. The van der Waals surface area contributed by atoms with Gasteiger partial charge >= 0.3 is 6.09 Å². The molecule has 31 heavy (non-hydrogen) atoms. The van der Waals surface area contributed by atoms with Crippen LogP contribution in [0.5, 0.6) is 0 Å². The summed E-state index contributed by atoms with van der Waals surface area (Å²) in [7, 11) is 0. The van der Waals surface area contributed by atoms with Crippen LogP contribution >= 0.6 is 0 Å². The van der Waals surface area contributed by atoms with Crippen molar-refractivity contribution in [3.8, 4) is 0 Å². The van der Waals surface area contributed by atoms with E-state index in [0.29, 0.717) is 13.0 Å². The summed E-state index contributed by atoms with van der Waals surface area (Å²) in [5, 5.41) is 5.49. The predicted octanol–water partition coefficient (Wildman–Crippen LogP) is 4.10. The van der Waals surface area contributed by atoms with Crippen molar-refractivity contribution in [2.75, 3.05) is 13.1 Å². The first kappa shape index (κ1) is 26.5. The molecule has 0 aromatic heterocycles. The molecule has 2 atom stereocenters. The van der Waals surface area contributed by atoms with Crippen LogP contribution in [0.25, 0.3) is 0 Å². The van der Waals surface area contributed by atoms with Crippen molar-refractivity contribution >= 4 is 17.9 Å². The highest BCUT2D eigenvalue weighted by Crippen LogP contribution is 2.26. The number of unbranched alkanes of at least 4 members (excludes halogenated alkanes) is 1. The number of hydrogen-bond donors (Lipinski definition) is 2. The maximum atomic E-state index is 13.2. The maximum Gasteiger partial charge on any atom is 0.408 e. The molecule has 0 saturated heterocycles. The Bertz CT molecular complexity index is 743. The van der Waals surface area contributed by atoms with Gasteiger partial charge in [-0.05, 0) is 53.0 Å². The van der Waals surface area contributed by atoms with E-state index in [-0.39, 0.29) is 24.4 Å². The van der Waals surface area contributed by atoms with E-state index in [1.165, 1.54) is 0 Å². The molecule has 3 amide bonds. The molecule has 0 aliphatic heterocycles. The average molecular weight is 434 g/mol. The van der Waals surface area contributed by atoms with Crippen LogP contribution in [0.15, 0.2) is 24.3 Å². The fourth-order valence-electron chi connectivity index (χ4n) is 3.16. The van der Waals surface area contributed by atoms with E-state index in [1.807, 2.05) is 45.0 Å². The molecule has 0 fully saturated rings. The van der Waals surface area contributed by atoms with Gasteiger partial charge in [0.05, 0.1) is 0 Å². The molecule has 0 spiro atoms. The molecule has 7 nitrogen and oxygen atoms in total. The summed E-state index contributed by atoms with van der Waals surface area (Å²) >= 11 is 0. The Morgan fingerprint density at radius 2 is 1.81 bits per heavy atom. The Balaban J connectivity index is 3.17. The highest BCUT2D eigenvalue weighted by Gasteiger charge is 2.34. The Kier molecular flexibility index (Phi) is 10.5. The lowest BCUT2D eigenvalue weighted by Crippen LogP contribution is -2.51. The van der Waals surface area contributed by atoms with Gasteiger partial charge in [-0.1, -0.05) is 50.1 Å². The summed E-state index contributed by atoms with van der Waals surface area (Å²) in [4.78, 5) is 40.0. The summed E-state index contributed by atoms with van der Waals surface area (Å²) < 4.78 is 5.23. The van der Waals surface area contributed by atoms with Gasteiger partial charge in [-0.25, -0.2) is 4.79 Å². The zero-order chi connectivity index (χ0) is 23.6. The fourth-order valence-corrected chi connectivity index (χ4v) is 3.16. The summed E-state index contributed by atoms with van der Waals surface area (Å²) in [6.45, 7) is 13.5. The number of rotatable bonds is 10. The number of amides is 3. The molecule has 1 aromatic carbocycles. The number of ether oxygens (including phenoxy) is 1. The number of aryl methyl sites for hydroxylation is 1. The Morgan fingerprint density at radius 1 is 1.13 bits per heavy atom. The summed E-state index contributed by atoms with van der Waals surface area (Å²) in [6, 6.07) is 6.65. The molecule has 0 radical (unpaired) electrons. The third-order valence-electron chi connectivity index (χ3n) is 4.85. The molecule has 0 bridgehead atoms. The average Bonchev–Trinajstić information content (AvgIpc) is 2.68. The Morgan fingerprint density at radius 3 is 2.35 bits per heavy atom. The van der Waals surface area contributed by atoms with Crippen LogP contribution in [0.1, 0.15) is 78.0 Å². The van der Waals surface area contributed by atoms with E-state index in [1.54, 1.807) is 25.7 Å². The first-order valence-corrected chi connectivity index (χ1v) is 11.1. The van der Waals surface area contributed by atoms with Crippen LogP contribution in [-0.2, 0) is 14.3 Å². The van der Waals surface area contributed by atoms with Gasteiger partial charge < -0.3 is 20.3 Å². The predicted molar refractivity (Wildman–Crippen MR) is 123 cm³/mol. The lowest BCUT2D eigenvalue weighted by molar-refractivity contribution is -0.142. The second-order valence-electron chi connectivity index (χ2n) is 8.87. The number of hydrogen-bond acceptors (Lipinski definition) is 4. The third-order valence-corrected chi connectivity index (χ3v) is 4.85. The minimum absolute atomic E-state index is 0.199. The van der Waals surface area contributed by atoms with Crippen LogP contribution in [-0.4, -0.2) is 47.5 Å². The van der Waals surface area contributed by atoms with Gasteiger partial charge in [0.2, 0.25) is 11.8 Å².